The molecule has 0 aliphatic carbocycles. The fourth-order valence-corrected chi connectivity index (χ4v) is 1.97. The van der Waals surface area contributed by atoms with Gasteiger partial charge in [0.05, 0.1) is 19.8 Å². The Kier molecular flexibility index (Phi) is 5.60. The Morgan fingerprint density at radius 3 is 2.32 bits per heavy atom. The van der Waals surface area contributed by atoms with Gasteiger partial charge in [-0.2, -0.15) is 0 Å². The van der Waals surface area contributed by atoms with Crippen molar-refractivity contribution >= 4 is 17.7 Å². The SMILES string of the molecule is COC(=O)/C(=C/c1ccccc1)CNc1ccc(OC)cc1. The zero-order valence-corrected chi connectivity index (χ0v) is 12.7. The molecule has 0 unspecified atom stereocenters. The van der Waals surface area contributed by atoms with E-state index in [0.29, 0.717) is 12.1 Å². The van der Waals surface area contributed by atoms with E-state index in [2.05, 4.69) is 5.32 Å². The Labute approximate surface area is 130 Å². The number of methoxy groups -OCH3 is 2. The van der Waals surface area contributed by atoms with Gasteiger partial charge in [0.2, 0.25) is 0 Å². The third kappa shape index (κ3) is 4.38. The molecule has 2 rings (SSSR count). The summed E-state index contributed by atoms with van der Waals surface area (Å²) in [5.74, 6) is 0.448. The smallest absolute Gasteiger partial charge is 0.335 e. The Hall–Kier alpha value is -2.75. The number of anilines is 1. The van der Waals surface area contributed by atoms with Gasteiger partial charge in [-0.25, -0.2) is 4.79 Å². The van der Waals surface area contributed by atoms with Crippen molar-refractivity contribution in [1.82, 2.24) is 0 Å². The van der Waals surface area contributed by atoms with Crippen molar-refractivity contribution in [3.05, 3.63) is 65.7 Å². The van der Waals surface area contributed by atoms with E-state index >= 15 is 0 Å². The van der Waals surface area contributed by atoms with Crippen molar-refractivity contribution in [3.63, 3.8) is 0 Å². The maximum atomic E-state index is 11.9. The lowest BCUT2D eigenvalue weighted by Crippen LogP contribution is -2.14. The average molecular weight is 297 g/mol. The zero-order valence-electron chi connectivity index (χ0n) is 12.7. The molecular weight excluding hydrogens is 278 g/mol. The molecule has 0 aliphatic heterocycles. The molecule has 0 amide bonds. The van der Waals surface area contributed by atoms with Crippen LogP contribution in [0.3, 0.4) is 0 Å². The van der Waals surface area contributed by atoms with Crippen molar-refractivity contribution in [3.8, 4) is 5.75 Å². The minimum atomic E-state index is -0.343. The molecule has 0 heterocycles. The van der Waals surface area contributed by atoms with Crippen LogP contribution in [0.25, 0.3) is 6.08 Å². The highest BCUT2D eigenvalue weighted by atomic mass is 16.5. The van der Waals surface area contributed by atoms with Crippen LogP contribution < -0.4 is 10.1 Å². The van der Waals surface area contributed by atoms with Crippen LogP contribution in [0, 0.1) is 0 Å². The minimum Gasteiger partial charge on any atom is -0.497 e. The molecule has 4 nitrogen and oxygen atoms in total. The van der Waals surface area contributed by atoms with Gasteiger partial charge in [0.1, 0.15) is 5.75 Å². The molecule has 0 fully saturated rings. The number of hydrogen-bond donors (Lipinski definition) is 1. The molecule has 114 valence electrons. The van der Waals surface area contributed by atoms with Crippen LogP contribution in [0.5, 0.6) is 5.75 Å². The average Bonchev–Trinajstić information content (AvgIpc) is 2.59. The molecule has 0 radical (unpaired) electrons. The number of ether oxygens (including phenoxy) is 2. The monoisotopic (exact) mass is 297 g/mol. The molecule has 0 saturated carbocycles. The number of benzene rings is 2. The number of carbonyl (C=O) groups is 1. The first kappa shape index (κ1) is 15.6. The van der Waals surface area contributed by atoms with E-state index in [4.69, 9.17) is 9.47 Å². The highest BCUT2D eigenvalue weighted by Gasteiger charge is 2.09. The lowest BCUT2D eigenvalue weighted by atomic mass is 10.1. The molecule has 2 aromatic rings. The van der Waals surface area contributed by atoms with E-state index in [1.807, 2.05) is 60.7 Å². The Morgan fingerprint density at radius 2 is 1.73 bits per heavy atom. The summed E-state index contributed by atoms with van der Waals surface area (Å²) in [5.41, 5.74) is 2.42. The van der Waals surface area contributed by atoms with E-state index < -0.39 is 0 Å². The Balaban J connectivity index is 2.10. The summed E-state index contributed by atoms with van der Waals surface area (Å²) in [6.07, 6.45) is 1.82. The fraction of sp³-hybridized carbons (Fsp3) is 0.167. The van der Waals surface area contributed by atoms with Crippen molar-refractivity contribution in [1.29, 1.82) is 0 Å². The maximum Gasteiger partial charge on any atom is 0.335 e. The van der Waals surface area contributed by atoms with Gasteiger partial charge in [-0.05, 0) is 35.9 Å². The summed E-state index contributed by atoms with van der Waals surface area (Å²) in [4.78, 5) is 11.9. The van der Waals surface area contributed by atoms with Gasteiger partial charge in [0.15, 0.2) is 0 Å². The summed E-state index contributed by atoms with van der Waals surface area (Å²) in [5, 5.41) is 3.21. The molecule has 0 aliphatic rings. The highest BCUT2D eigenvalue weighted by Crippen LogP contribution is 2.16. The third-order valence-electron chi connectivity index (χ3n) is 3.16. The van der Waals surface area contributed by atoms with Gasteiger partial charge in [-0.3, -0.25) is 0 Å². The quantitative estimate of drug-likeness (QED) is 0.656. The molecule has 22 heavy (non-hydrogen) atoms. The predicted octanol–water partition coefficient (Wildman–Crippen LogP) is 3.36. The molecule has 4 heteroatoms. The van der Waals surface area contributed by atoms with Gasteiger partial charge in [-0.15, -0.1) is 0 Å². The second kappa shape index (κ2) is 7.88. The molecule has 2 aromatic carbocycles. The number of rotatable bonds is 6. The maximum absolute atomic E-state index is 11.9. The molecule has 0 atom stereocenters. The van der Waals surface area contributed by atoms with Crippen molar-refractivity contribution in [2.75, 3.05) is 26.1 Å². The van der Waals surface area contributed by atoms with E-state index in [1.54, 1.807) is 7.11 Å². The minimum absolute atomic E-state index is 0.343. The topological polar surface area (TPSA) is 47.6 Å². The molecule has 0 aromatic heterocycles. The van der Waals surface area contributed by atoms with Crippen LogP contribution in [0.15, 0.2) is 60.2 Å². The first-order valence-corrected chi connectivity index (χ1v) is 6.95. The number of esters is 1. The highest BCUT2D eigenvalue weighted by molar-refractivity contribution is 5.94. The largest absolute Gasteiger partial charge is 0.497 e. The lowest BCUT2D eigenvalue weighted by Gasteiger charge is -2.10. The summed E-state index contributed by atoms with van der Waals surface area (Å²) in [7, 11) is 3.01. The van der Waals surface area contributed by atoms with Crippen LogP contribution >= 0.6 is 0 Å². The van der Waals surface area contributed by atoms with Gasteiger partial charge in [0, 0.05) is 12.2 Å². The fourth-order valence-electron chi connectivity index (χ4n) is 1.97. The molecule has 0 saturated heterocycles. The second-order valence-corrected chi connectivity index (χ2v) is 4.65. The normalized spacial score (nSPS) is 10.9. The standard InChI is InChI=1S/C18H19NO3/c1-21-17-10-8-16(9-11-17)19-13-15(18(20)22-2)12-14-6-4-3-5-7-14/h3-12,19H,13H2,1-2H3/b15-12+. The van der Waals surface area contributed by atoms with Crippen molar-refractivity contribution in [2.24, 2.45) is 0 Å². The number of carbonyl (C=O) groups excluding carboxylic acids is 1. The summed E-state index contributed by atoms with van der Waals surface area (Å²) in [6.45, 7) is 0.383. The van der Waals surface area contributed by atoms with E-state index in [-0.39, 0.29) is 5.97 Å². The van der Waals surface area contributed by atoms with Gasteiger partial charge in [0.25, 0.3) is 0 Å². The van der Waals surface area contributed by atoms with E-state index in [1.165, 1.54) is 7.11 Å². The number of hydrogen-bond acceptors (Lipinski definition) is 4. The molecule has 0 bridgehead atoms. The third-order valence-corrected chi connectivity index (χ3v) is 3.16. The summed E-state index contributed by atoms with van der Waals surface area (Å²) < 4.78 is 9.96. The van der Waals surface area contributed by atoms with Crippen molar-refractivity contribution in [2.45, 2.75) is 0 Å². The van der Waals surface area contributed by atoms with Crippen LogP contribution in [0.1, 0.15) is 5.56 Å². The molecule has 1 N–H and O–H groups in total. The molecular formula is C18H19NO3. The van der Waals surface area contributed by atoms with E-state index in [9.17, 15) is 4.79 Å². The Bertz CT molecular complexity index is 633. The zero-order chi connectivity index (χ0) is 15.8. The predicted molar refractivity (Wildman–Crippen MR) is 87.9 cm³/mol. The second-order valence-electron chi connectivity index (χ2n) is 4.65. The summed E-state index contributed by atoms with van der Waals surface area (Å²) in [6, 6.07) is 17.2. The van der Waals surface area contributed by atoms with Crippen LogP contribution in [-0.2, 0) is 9.53 Å². The first-order chi connectivity index (χ1) is 10.7. The van der Waals surface area contributed by atoms with Crippen LogP contribution in [0.2, 0.25) is 0 Å². The number of nitrogens with one attached hydrogen (secondary N) is 1. The first-order valence-electron chi connectivity index (χ1n) is 6.95. The van der Waals surface area contributed by atoms with E-state index in [0.717, 1.165) is 17.0 Å². The van der Waals surface area contributed by atoms with Crippen molar-refractivity contribution < 1.29 is 14.3 Å². The Morgan fingerprint density at radius 1 is 1.05 bits per heavy atom. The van der Waals surface area contributed by atoms with Crippen LogP contribution in [0.4, 0.5) is 5.69 Å². The van der Waals surface area contributed by atoms with Crippen LogP contribution in [-0.4, -0.2) is 26.7 Å². The van der Waals surface area contributed by atoms with Gasteiger partial charge in [-0.1, -0.05) is 30.3 Å². The summed E-state index contributed by atoms with van der Waals surface area (Å²) >= 11 is 0. The lowest BCUT2D eigenvalue weighted by molar-refractivity contribution is -0.135. The molecule has 0 spiro atoms. The van der Waals surface area contributed by atoms with Gasteiger partial charge >= 0.3 is 5.97 Å². The van der Waals surface area contributed by atoms with Gasteiger partial charge < -0.3 is 14.8 Å².